The van der Waals surface area contributed by atoms with Gasteiger partial charge in [0, 0.05) is 19.3 Å². The molecule has 2 heterocycles. The summed E-state index contributed by atoms with van der Waals surface area (Å²) in [6.07, 6.45) is 6.55. The van der Waals surface area contributed by atoms with E-state index < -0.39 is 0 Å². The van der Waals surface area contributed by atoms with Gasteiger partial charge in [0.15, 0.2) is 0 Å². The highest BCUT2D eigenvalue weighted by Gasteiger charge is 2.50. The molecule has 0 amide bonds. The largest absolute Gasteiger partial charge is 0.508 e. The molecule has 0 aromatic heterocycles. The molecule has 3 rings (SSSR count). The Kier molecular flexibility index (Phi) is 2.21. The van der Waals surface area contributed by atoms with Gasteiger partial charge in [0.2, 0.25) is 0 Å². The Morgan fingerprint density at radius 2 is 2.28 bits per heavy atom. The van der Waals surface area contributed by atoms with Gasteiger partial charge in [0.1, 0.15) is 11.9 Å². The summed E-state index contributed by atoms with van der Waals surface area (Å²) in [6.45, 7) is 6.87. The summed E-state index contributed by atoms with van der Waals surface area (Å²) in [6, 6.07) is 5.63. The second kappa shape index (κ2) is 3.55. The van der Waals surface area contributed by atoms with Gasteiger partial charge in [-0.05, 0) is 36.9 Å². The third-order valence-corrected chi connectivity index (χ3v) is 4.11. The van der Waals surface area contributed by atoms with Crippen LogP contribution in [0.4, 0.5) is 5.69 Å². The van der Waals surface area contributed by atoms with Crippen LogP contribution >= 0.6 is 0 Å². The second-order valence-corrected chi connectivity index (χ2v) is 5.27. The first-order chi connectivity index (χ1) is 8.58. The number of hydrogen-bond acceptors (Lipinski definition) is 3. The van der Waals surface area contributed by atoms with E-state index in [0.717, 1.165) is 6.54 Å². The fourth-order valence-corrected chi connectivity index (χ4v) is 3.32. The van der Waals surface area contributed by atoms with Gasteiger partial charge in [-0.25, -0.2) is 0 Å². The average molecular weight is 242 g/mol. The number of anilines is 1. The molecular weight excluding hydrogens is 224 g/mol. The number of rotatable bonds is 2. The minimum absolute atomic E-state index is 0.0637. The Balaban J connectivity index is 2.11. The molecular formula is C15H18N2O. The normalized spacial score (nSPS) is 28.4. The first-order valence-corrected chi connectivity index (χ1v) is 6.20. The van der Waals surface area contributed by atoms with E-state index in [1.54, 1.807) is 6.07 Å². The molecule has 18 heavy (non-hydrogen) atoms. The number of fused-ring (bicyclic) bond motifs is 3. The topological polar surface area (TPSA) is 26.7 Å². The van der Waals surface area contributed by atoms with Crippen molar-refractivity contribution >= 4 is 5.69 Å². The number of phenols is 1. The molecule has 2 aliphatic rings. The number of phenolic OH excluding ortho intramolecular Hbond substituents is 1. The van der Waals surface area contributed by atoms with E-state index in [4.69, 9.17) is 0 Å². The van der Waals surface area contributed by atoms with Gasteiger partial charge in [-0.1, -0.05) is 12.2 Å². The molecule has 3 heteroatoms. The highest BCUT2D eigenvalue weighted by Crippen LogP contribution is 2.50. The van der Waals surface area contributed by atoms with Crippen LogP contribution in [0.15, 0.2) is 43.1 Å². The number of hydrogen-bond donors (Lipinski definition) is 1. The fraction of sp³-hybridized carbons (Fsp3) is 0.333. The molecule has 3 nitrogen and oxygen atoms in total. The molecule has 2 atom stereocenters. The minimum Gasteiger partial charge on any atom is -0.508 e. The highest BCUT2D eigenvalue weighted by molar-refractivity contribution is 5.68. The number of nitrogens with zero attached hydrogens (tertiary/aromatic N) is 2. The van der Waals surface area contributed by atoms with Crippen molar-refractivity contribution in [3.05, 3.63) is 48.7 Å². The summed E-state index contributed by atoms with van der Waals surface area (Å²) >= 11 is 0. The fourth-order valence-electron chi connectivity index (χ4n) is 3.32. The monoisotopic (exact) mass is 242 g/mol. The number of aromatic hydroxyl groups is 1. The molecule has 0 aliphatic carbocycles. The lowest BCUT2D eigenvalue weighted by Gasteiger charge is -2.35. The van der Waals surface area contributed by atoms with E-state index in [-0.39, 0.29) is 11.6 Å². The zero-order valence-corrected chi connectivity index (χ0v) is 10.8. The van der Waals surface area contributed by atoms with Crippen molar-refractivity contribution in [2.75, 3.05) is 18.5 Å². The standard InChI is InChI=1S/C15H18N2O/c1-4-8-17-9-7-15(2)12-10-11(18)5-6-13(12)16(3)14(15)17/h4-7,9-10,14,18H,1,8H2,2-3H3. The lowest BCUT2D eigenvalue weighted by Crippen LogP contribution is -2.47. The summed E-state index contributed by atoms with van der Waals surface area (Å²) in [5.74, 6) is 0.333. The number of benzene rings is 1. The average Bonchev–Trinajstić information content (AvgIpc) is 2.77. The van der Waals surface area contributed by atoms with Crippen molar-refractivity contribution in [3.8, 4) is 5.75 Å². The van der Waals surface area contributed by atoms with Gasteiger partial charge < -0.3 is 14.9 Å². The predicted octanol–water partition coefficient (Wildman–Crippen LogP) is 2.44. The van der Waals surface area contributed by atoms with Crippen molar-refractivity contribution < 1.29 is 5.11 Å². The molecule has 1 N–H and O–H groups in total. The third kappa shape index (κ3) is 1.24. The van der Waals surface area contributed by atoms with Crippen LogP contribution in [-0.4, -0.2) is 29.8 Å². The molecule has 0 fully saturated rings. The Morgan fingerprint density at radius 3 is 3.00 bits per heavy atom. The molecule has 0 saturated heterocycles. The summed E-state index contributed by atoms with van der Waals surface area (Å²) in [4.78, 5) is 4.56. The molecule has 0 radical (unpaired) electrons. The van der Waals surface area contributed by atoms with Gasteiger partial charge >= 0.3 is 0 Å². The van der Waals surface area contributed by atoms with E-state index in [2.05, 4.69) is 42.6 Å². The zero-order chi connectivity index (χ0) is 12.9. The second-order valence-electron chi connectivity index (χ2n) is 5.27. The van der Waals surface area contributed by atoms with E-state index in [9.17, 15) is 5.11 Å². The zero-order valence-electron chi connectivity index (χ0n) is 10.8. The maximum absolute atomic E-state index is 9.71. The van der Waals surface area contributed by atoms with Gasteiger partial charge in [-0.2, -0.15) is 0 Å². The van der Waals surface area contributed by atoms with Gasteiger partial charge in [-0.15, -0.1) is 6.58 Å². The van der Waals surface area contributed by atoms with Gasteiger partial charge in [0.05, 0.1) is 5.41 Å². The molecule has 1 aromatic rings. The van der Waals surface area contributed by atoms with Crippen LogP contribution in [0.2, 0.25) is 0 Å². The SMILES string of the molecule is C=CCN1C=CC2(C)c3cc(O)ccc3N(C)C12. The van der Waals surface area contributed by atoms with Crippen LogP contribution < -0.4 is 4.90 Å². The lowest BCUT2D eigenvalue weighted by molar-refractivity contribution is 0.271. The van der Waals surface area contributed by atoms with E-state index in [1.807, 2.05) is 18.2 Å². The summed E-state index contributed by atoms with van der Waals surface area (Å²) in [5.41, 5.74) is 2.32. The quantitative estimate of drug-likeness (QED) is 0.807. The predicted molar refractivity (Wildman–Crippen MR) is 73.7 cm³/mol. The maximum Gasteiger partial charge on any atom is 0.116 e. The van der Waals surface area contributed by atoms with Crippen LogP contribution in [-0.2, 0) is 5.41 Å². The molecule has 2 unspecified atom stereocenters. The van der Waals surface area contributed by atoms with Crippen LogP contribution in [0.3, 0.4) is 0 Å². The lowest BCUT2D eigenvalue weighted by atomic mass is 9.83. The number of likely N-dealkylation sites (N-methyl/N-ethyl adjacent to an activating group) is 1. The Hall–Kier alpha value is -1.90. The van der Waals surface area contributed by atoms with Crippen LogP contribution in [0, 0.1) is 0 Å². The van der Waals surface area contributed by atoms with Gasteiger partial charge in [0.25, 0.3) is 0 Å². The van der Waals surface area contributed by atoms with Crippen molar-refractivity contribution in [1.82, 2.24) is 4.90 Å². The molecule has 0 spiro atoms. The van der Waals surface area contributed by atoms with E-state index in [0.29, 0.717) is 5.75 Å². The Bertz CT molecular complexity index is 537. The van der Waals surface area contributed by atoms with Crippen LogP contribution in [0.5, 0.6) is 5.75 Å². The Labute approximate surface area is 108 Å². The highest BCUT2D eigenvalue weighted by atomic mass is 16.3. The molecule has 94 valence electrons. The minimum atomic E-state index is -0.0637. The van der Waals surface area contributed by atoms with Crippen molar-refractivity contribution in [1.29, 1.82) is 0 Å². The van der Waals surface area contributed by atoms with E-state index >= 15 is 0 Å². The summed E-state index contributed by atoms with van der Waals surface area (Å²) < 4.78 is 0. The molecule has 2 aliphatic heterocycles. The third-order valence-electron chi connectivity index (χ3n) is 4.11. The van der Waals surface area contributed by atoms with Crippen molar-refractivity contribution in [3.63, 3.8) is 0 Å². The van der Waals surface area contributed by atoms with Gasteiger partial charge in [-0.3, -0.25) is 0 Å². The maximum atomic E-state index is 9.71. The molecule has 1 aromatic carbocycles. The summed E-state index contributed by atoms with van der Waals surface area (Å²) in [5, 5.41) is 9.71. The van der Waals surface area contributed by atoms with E-state index in [1.165, 1.54) is 11.3 Å². The smallest absolute Gasteiger partial charge is 0.116 e. The van der Waals surface area contributed by atoms with Crippen LogP contribution in [0.1, 0.15) is 12.5 Å². The molecule has 0 bridgehead atoms. The summed E-state index contributed by atoms with van der Waals surface area (Å²) in [7, 11) is 2.11. The van der Waals surface area contributed by atoms with Crippen LogP contribution in [0.25, 0.3) is 0 Å². The van der Waals surface area contributed by atoms with Crippen molar-refractivity contribution in [2.45, 2.75) is 18.5 Å². The van der Waals surface area contributed by atoms with Crippen molar-refractivity contribution in [2.24, 2.45) is 0 Å². The molecule has 0 saturated carbocycles. The first kappa shape index (κ1) is 11.2. The first-order valence-electron chi connectivity index (χ1n) is 6.20. The Morgan fingerprint density at radius 1 is 1.50 bits per heavy atom.